The largest absolute Gasteiger partial charge is 0.497 e. The molecule has 0 saturated carbocycles. The Labute approximate surface area is 131 Å². The number of hydrogen-bond acceptors (Lipinski definition) is 4. The highest BCUT2D eigenvalue weighted by atomic mass is 16.5. The third-order valence-corrected chi connectivity index (χ3v) is 3.91. The van der Waals surface area contributed by atoms with Crippen molar-refractivity contribution in [3.63, 3.8) is 0 Å². The number of benzene rings is 1. The van der Waals surface area contributed by atoms with Gasteiger partial charge in [-0.15, -0.1) is 0 Å². The van der Waals surface area contributed by atoms with Crippen LogP contribution in [0.3, 0.4) is 0 Å². The summed E-state index contributed by atoms with van der Waals surface area (Å²) in [6, 6.07) is 6.30. The van der Waals surface area contributed by atoms with Gasteiger partial charge in [0.25, 0.3) is 0 Å². The Balaban J connectivity index is 1.87. The third-order valence-electron chi connectivity index (χ3n) is 3.91. The summed E-state index contributed by atoms with van der Waals surface area (Å²) in [5.74, 6) is 1.86. The van der Waals surface area contributed by atoms with Gasteiger partial charge in [0.05, 0.1) is 30.8 Å². The van der Waals surface area contributed by atoms with Crippen LogP contribution in [0.25, 0.3) is 11.0 Å². The highest BCUT2D eigenvalue weighted by molar-refractivity contribution is 5.78. The van der Waals surface area contributed by atoms with E-state index in [9.17, 15) is 0 Å². The van der Waals surface area contributed by atoms with Crippen LogP contribution in [-0.4, -0.2) is 36.4 Å². The predicted molar refractivity (Wildman–Crippen MR) is 87.3 cm³/mol. The molecular weight excluding hydrogens is 278 g/mol. The fraction of sp³-hybridized carbons (Fsp3) is 0.588. The molecule has 1 aromatic heterocycles. The molecule has 5 heteroatoms. The van der Waals surface area contributed by atoms with Crippen molar-refractivity contribution in [2.45, 2.75) is 33.4 Å². The Kier molecular flexibility index (Phi) is 4.10. The molecule has 2 heterocycles. The number of aromatic nitrogens is 2. The van der Waals surface area contributed by atoms with E-state index in [1.807, 2.05) is 12.1 Å². The van der Waals surface area contributed by atoms with Crippen LogP contribution in [0.1, 0.15) is 32.6 Å². The van der Waals surface area contributed by atoms with E-state index in [0.29, 0.717) is 13.2 Å². The van der Waals surface area contributed by atoms with Gasteiger partial charge in [-0.25, -0.2) is 4.98 Å². The smallest absolute Gasteiger partial charge is 0.136 e. The molecule has 2 aromatic rings. The zero-order valence-corrected chi connectivity index (χ0v) is 13.8. The van der Waals surface area contributed by atoms with Gasteiger partial charge < -0.3 is 19.4 Å². The van der Waals surface area contributed by atoms with Crippen LogP contribution in [0.2, 0.25) is 0 Å². The van der Waals surface area contributed by atoms with E-state index in [2.05, 4.69) is 36.7 Å². The average Bonchev–Trinajstić information content (AvgIpc) is 2.84. The molecule has 0 fully saturated rings. The lowest BCUT2D eigenvalue weighted by atomic mass is 9.97. The van der Waals surface area contributed by atoms with Gasteiger partial charge in [0.15, 0.2) is 0 Å². The van der Waals surface area contributed by atoms with Gasteiger partial charge in [0.2, 0.25) is 0 Å². The predicted octanol–water partition coefficient (Wildman–Crippen LogP) is 2.75. The van der Waals surface area contributed by atoms with E-state index in [1.165, 1.54) is 0 Å². The molecule has 1 aliphatic rings. The van der Waals surface area contributed by atoms with Crippen molar-refractivity contribution in [3.8, 4) is 5.75 Å². The number of methoxy groups -OCH3 is 1. The van der Waals surface area contributed by atoms with Gasteiger partial charge in [0, 0.05) is 19.2 Å². The van der Waals surface area contributed by atoms with Gasteiger partial charge in [0.1, 0.15) is 18.2 Å². The van der Waals surface area contributed by atoms with Crippen molar-refractivity contribution >= 4 is 11.0 Å². The molecule has 0 saturated heterocycles. The summed E-state index contributed by atoms with van der Waals surface area (Å²) in [5, 5.41) is 3.56. The van der Waals surface area contributed by atoms with Gasteiger partial charge >= 0.3 is 0 Å². The SMILES string of the molecule is COc1ccc2nc3n(c2c1)C(CNCC(C)(C)C)COC3. The van der Waals surface area contributed by atoms with Crippen LogP contribution in [0.15, 0.2) is 18.2 Å². The summed E-state index contributed by atoms with van der Waals surface area (Å²) < 4.78 is 13.4. The monoisotopic (exact) mass is 303 g/mol. The number of hydrogen-bond donors (Lipinski definition) is 1. The zero-order valence-electron chi connectivity index (χ0n) is 13.8. The van der Waals surface area contributed by atoms with Crippen molar-refractivity contribution in [2.75, 3.05) is 26.8 Å². The Hall–Kier alpha value is -1.59. The first-order valence-corrected chi connectivity index (χ1v) is 7.81. The molecular formula is C17H25N3O2. The molecule has 0 bridgehead atoms. The molecule has 3 rings (SSSR count). The van der Waals surface area contributed by atoms with E-state index in [1.54, 1.807) is 7.11 Å². The maximum Gasteiger partial charge on any atom is 0.136 e. The fourth-order valence-corrected chi connectivity index (χ4v) is 2.88. The number of ether oxygens (including phenoxy) is 2. The lowest BCUT2D eigenvalue weighted by Crippen LogP contribution is -2.36. The first-order chi connectivity index (χ1) is 10.5. The summed E-state index contributed by atoms with van der Waals surface area (Å²) in [7, 11) is 1.69. The van der Waals surface area contributed by atoms with Crippen LogP contribution >= 0.6 is 0 Å². The van der Waals surface area contributed by atoms with Gasteiger partial charge in [-0.05, 0) is 17.5 Å². The molecule has 0 aliphatic carbocycles. The standard InChI is InChI=1S/C17H25N3O2/c1-17(2,3)11-18-8-12-9-22-10-16-19-14-6-5-13(21-4)7-15(14)20(12)16/h5-7,12,18H,8-11H2,1-4H3. The van der Waals surface area contributed by atoms with Crippen LogP contribution < -0.4 is 10.1 Å². The van der Waals surface area contributed by atoms with Crippen molar-refractivity contribution in [3.05, 3.63) is 24.0 Å². The average molecular weight is 303 g/mol. The summed E-state index contributed by atoms with van der Waals surface area (Å²) in [5.41, 5.74) is 2.40. The first-order valence-electron chi connectivity index (χ1n) is 7.81. The lowest BCUT2D eigenvalue weighted by Gasteiger charge is -2.28. The van der Waals surface area contributed by atoms with Gasteiger partial charge in [-0.3, -0.25) is 0 Å². The molecule has 5 nitrogen and oxygen atoms in total. The molecule has 1 aromatic carbocycles. The molecule has 0 spiro atoms. The molecule has 22 heavy (non-hydrogen) atoms. The van der Waals surface area contributed by atoms with Crippen molar-refractivity contribution < 1.29 is 9.47 Å². The maximum atomic E-state index is 5.72. The van der Waals surface area contributed by atoms with Crippen molar-refractivity contribution in [1.29, 1.82) is 0 Å². The normalized spacial score (nSPS) is 18.5. The highest BCUT2D eigenvalue weighted by Crippen LogP contribution is 2.28. The Morgan fingerprint density at radius 3 is 2.95 bits per heavy atom. The minimum absolute atomic E-state index is 0.267. The summed E-state index contributed by atoms with van der Waals surface area (Å²) in [6.07, 6.45) is 0. The Morgan fingerprint density at radius 1 is 1.41 bits per heavy atom. The molecule has 1 atom stereocenters. The first kappa shape index (κ1) is 15.3. The molecule has 1 unspecified atom stereocenters. The third kappa shape index (κ3) is 3.10. The Bertz CT molecular complexity index is 658. The second kappa shape index (κ2) is 5.89. The molecule has 1 aliphatic heterocycles. The van der Waals surface area contributed by atoms with Gasteiger partial charge in [-0.1, -0.05) is 20.8 Å². The maximum absolute atomic E-state index is 5.72. The highest BCUT2D eigenvalue weighted by Gasteiger charge is 2.24. The van der Waals surface area contributed by atoms with E-state index in [-0.39, 0.29) is 11.5 Å². The zero-order chi connectivity index (χ0) is 15.7. The summed E-state index contributed by atoms with van der Waals surface area (Å²) in [6.45, 7) is 9.86. The van der Waals surface area contributed by atoms with Gasteiger partial charge in [-0.2, -0.15) is 0 Å². The van der Waals surface area contributed by atoms with Crippen molar-refractivity contribution in [2.24, 2.45) is 5.41 Å². The number of nitrogens with one attached hydrogen (secondary N) is 1. The van der Waals surface area contributed by atoms with Crippen LogP contribution in [0.5, 0.6) is 5.75 Å². The molecule has 120 valence electrons. The molecule has 0 radical (unpaired) electrons. The summed E-state index contributed by atoms with van der Waals surface area (Å²) >= 11 is 0. The van der Waals surface area contributed by atoms with E-state index < -0.39 is 0 Å². The number of rotatable bonds is 4. The van der Waals surface area contributed by atoms with E-state index in [0.717, 1.165) is 35.7 Å². The van der Waals surface area contributed by atoms with Crippen LogP contribution in [-0.2, 0) is 11.3 Å². The second-order valence-electron chi connectivity index (χ2n) is 7.11. The van der Waals surface area contributed by atoms with Crippen LogP contribution in [0, 0.1) is 5.41 Å². The second-order valence-corrected chi connectivity index (χ2v) is 7.11. The number of imidazole rings is 1. The topological polar surface area (TPSA) is 48.3 Å². The van der Waals surface area contributed by atoms with E-state index >= 15 is 0 Å². The van der Waals surface area contributed by atoms with Crippen LogP contribution in [0.4, 0.5) is 0 Å². The van der Waals surface area contributed by atoms with E-state index in [4.69, 9.17) is 14.5 Å². The molecule has 0 amide bonds. The lowest BCUT2D eigenvalue weighted by molar-refractivity contribution is 0.0558. The summed E-state index contributed by atoms with van der Waals surface area (Å²) in [4.78, 5) is 4.69. The number of nitrogens with zero attached hydrogens (tertiary/aromatic N) is 2. The van der Waals surface area contributed by atoms with Crippen molar-refractivity contribution in [1.82, 2.24) is 14.9 Å². The quantitative estimate of drug-likeness (QED) is 0.943. The number of fused-ring (bicyclic) bond motifs is 3. The fourth-order valence-electron chi connectivity index (χ4n) is 2.88. The minimum atomic E-state index is 0.267. The minimum Gasteiger partial charge on any atom is -0.497 e. The molecule has 1 N–H and O–H groups in total. The Morgan fingerprint density at radius 2 is 2.23 bits per heavy atom.